The molecule has 0 spiro atoms. The summed E-state index contributed by atoms with van der Waals surface area (Å²) in [5.74, 6) is -1.65. The summed E-state index contributed by atoms with van der Waals surface area (Å²) in [4.78, 5) is 39.0. The highest BCUT2D eigenvalue weighted by molar-refractivity contribution is 5.86. The number of likely N-dealkylation sites (N-methyl/N-ethyl adjacent to an activating group) is 1. The van der Waals surface area contributed by atoms with Gasteiger partial charge in [-0.15, -0.1) is 0 Å². The van der Waals surface area contributed by atoms with E-state index in [2.05, 4.69) is 4.37 Å². The Bertz CT molecular complexity index is 1180. The maximum atomic E-state index is 14.3. The third-order valence-corrected chi connectivity index (χ3v) is 8.53. The number of nitrogens with two attached hydrogens (primary N) is 1. The van der Waals surface area contributed by atoms with Crippen LogP contribution in [0.15, 0.2) is 60.7 Å². The molecule has 4 rings (SSSR count). The summed E-state index contributed by atoms with van der Waals surface area (Å²) >= 11 is 0. The van der Waals surface area contributed by atoms with E-state index in [-0.39, 0.29) is 25.6 Å². The number of fused-ring (bicyclic) bond motifs is 2. The largest absolute Gasteiger partial charge is 0.460 e. The number of nitrogens with zero attached hydrogens (tertiary/aromatic N) is 1. The molecule has 0 aromatic heterocycles. The number of benzene rings is 2. The SMILES string of the molecule is C[N+](C)(C)CCOC(=O)CCC(=O)OCOC(C(=O)OC1CC2CCC(C1)[O+]2CCCCN)(c1ccccc1)c1ccccc1. The Morgan fingerprint density at radius 3 is 1.93 bits per heavy atom. The molecule has 10 heteroatoms. The lowest BCUT2D eigenvalue weighted by molar-refractivity contribution is -0.870. The minimum atomic E-state index is -1.67. The molecule has 2 saturated heterocycles. The molecule has 2 unspecified atom stereocenters. The second kappa shape index (κ2) is 16.3. The summed E-state index contributed by atoms with van der Waals surface area (Å²) < 4.78 is 27.4. The van der Waals surface area contributed by atoms with E-state index in [1.807, 2.05) is 81.8 Å². The molecule has 2 aliphatic heterocycles. The number of ether oxygens (including phenoxy) is 4. The van der Waals surface area contributed by atoms with Crippen LogP contribution >= 0.6 is 0 Å². The van der Waals surface area contributed by atoms with Crippen molar-refractivity contribution < 1.29 is 42.2 Å². The van der Waals surface area contributed by atoms with Crippen molar-refractivity contribution in [2.45, 2.75) is 75.3 Å². The summed E-state index contributed by atoms with van der Waals surface area (Å²) in [5.41, 5.74) is 5.16. The Labute approximate surface area is 267 Å². The van der Waals surface area contributed by atoms with Crippen molar-refractivity contribution in [3.05, 3.63) is 71.8 Å². The molecular formula is C35H50N2O8+2. The first-order valence-corrected chi connectivity index (χ1v) is 16.1. The van der Waals surface area contributed by atoms with Gasteiger partial charge in [0, 0.05) is 19.3 Å². The number of carbonyl (C=O) groups excluding carboxylic acids is 3. The summed E-state index contributed by atoms with van der Waals surface area (Å²) in [5, 5.41) is 0. The standard InChI is InChI=1S/C35H50N2O8/c1-37(2,3)21-22-41-32(38)18-19-33(39)42-26-43-35(27-12-6-4-7-13-27,28-14-8-5-9-15-28)34(40)44-29-24-30-16-17-31(25-29)45(30)23-11-10-20-36/h4-9,12-15,29-31H,10-11,16-26,36H2,1-3H3/q+2. The normalized spacial score (nSPS) is 20.0. The quantitative estimate of drug-likeness (QED) is 0.0700. The molecule has 0 saturated carbocycles. The molecule has 10 nitrogen and oxygen atoms in total. The van der Waals surface area contributed by atoms with E-state index in [0.29, 0.717) is 40.9 Å². The molecule has 2 fully saturated rings. The average molecular weight is 627 g/mol. The molecule has 2 heterocycles. The molecule has 2 bridgehead atoms. The number of rotatable bonds is 17. The van der Waals surface area contributed by atoms with Crippen LogP contribution in [0.2, 0.25) is 0 Å². The van der Waals surface area contributed by atoms with Crippen LogP contribution in [0, 0.1) is 0 Å². The number of hydrogen-bond donors (Lipinski definition) is 1. The predicted octanol–water partition coefficient (Wildman–Crippen LogP) is 4.00. The van der Waals surface area contributed by atoms with Gasteiger partial charge in [-0.3, -0.25) is 9.59 Å². The second-order valence-electron chi connectivity index (χ2n) is 12.9. The first-order valence-electron chi connectivity index (χ1n) is 16.1. The fraction of sp³-hybridized carbons (Fsp3) is 0.571. The molecule has 2 N–H and O–H groups in total. The summed E-state index contributed by atoms with van der Waals surface area (Å²) in [6.45, 7) is 2.05. The molecular weight excluding hydrogens is 576 g/mol. The van der Waals surface area contributed by atoms with E-state index in [0.717, 1.165) is 45.1 Å². The van der Waals surface area contributed by atoms with E-state index in [1.165, 1.54) is 0 Å². The fourth-order valence-corrected chi connectivity index (χ4v) is 6.13. The smallest absolute Gasteiger partial charge is 0.348 e. The van der Waals surface area contributed by atoms with Gasteiger partial charge in [0.15, 0.2) is 19.0 Å². The maximum absolute atomic E-state index is 14.3. The zero-order valence-corrected chi connectivity index (χ0v) is 27.0. The Morgan fingerprint density at radius 1 is 0.844 bits per heavy atom. The second-order valence-corrected chi connectivity index (χ2v) is 12.9. The summed E-state index contributed by atoms with van der Waals surface area (Å²) in [6.07, 6.45) is 5.66. The van der Waals surface area contributed by atoms with E-state index >= 15 is 0 Å². The average Bonchev–Trinajstić information content (AvgIpc) is 3.25. The number of hydrogen-bond acceptors (Lipinski definition) is 8. The number of carbonyl (C=O) groups is 3. The highest BCUT2D eigenvalue weighted by atomic mass is 16.7. The van der Waals surface area contributed by atoms with Crippen LogP contribution in [0.4, 0.5) is 0 Å². The highest BCUT2D eigenvalue weighted by Gasteiger charge is 2.51. The van der Waals surface area contributed by atoms with Gasteiger partial charge in [0.1, 0.15) is 25.9 Å². The van der Waals surface area contributed by atoms with Gasteiger partial charge < -0.3 is 33.5 Å². The minimum Gasteiger partial charge on any atom is -0.460 e. The van der Waals surface area contributed by atoms with Crippen LogP contribution in [0.1, 0.15) is 62.5 Å². The Hall–Kier alpha value is -3.31. The lowest BCUT2D eigenvalue weighted by Crippen LogP contribution is -2.46. The van der Waals surface area contributed by atoms with Crippen LogP contribution in [0.25, 0.3) is 0 Å². The zero-order chi connectivity index (χ0) is 32.3. The maximum Gasteiger partial charge on any atom is 0.348 e. The predicted molar refractivity (Wildman–Crippen MR) is 169 cm³/mol. The summed E-state index contributed by atoms with van der Waals surface area (Å²) in [6, 6.07) is 18.3. The van der Waals surface area contributed by atoms with Crippen LogP contribution in [0.3, 0.4) is 0 Å². The van der Waals surface area contributed by atoms with Gasteiger partial charge >= 0.3 is 17.9 Å². The molecule has 246 valence electrons. The molecule has 0 amide bonds. The van der Waals surface area contributed by atoms with Crippen molar-refractivity contribution in [1.29, 1.82) is 0 Å². The van der Waals surface area contributed by atoms with Crippen LogP contribution in [-0.2, 0) is 43.3 Å². The van der Waals surface area contributed by atoms with Gasteiger partial charge in [-0.1, -0.05) is 60.7 Å². The van der Waals surface area contributed by atoms with E-state index in [4.69, 9.17) is 24.7 Å². The summed E-state index contributed by atoms with van der Waals surface area (Å²) in [7, 11) is 6.01. The van der Waals surface area contributed by atoms with Crippen LogP contribution in [-0.4, -0.2) is 94.9 Å². The van der Waals surface area contributed by atoms with E-state index < -0.39 is 30.3 Å². The van der Waals surface area contributed by atoms with E-state index in [9.17, 15) is 14.4 Å². The zero-order valence-electron chi connectivity index (χ0n) is 27.0. The molecule has 45 heavy (non-hydrogen) atoms. The van der Waals surface area contributed by atoms with Gasteiger partial charge in [0.25, 0.3) is 0 Å². The van der Waals surface area contributed by atoms with Crippen molar-refractivity contribution >= 4 is 17.9 Å². The van der Waals surface area contributed by atoms with Gasteiger partial charge in [-0.25, -0.2) is 4.79 Å². The van der Waals surface area contributed by atoms with Gasteiger partial charge in [-0.05, 0) is 24.1 Å². The van der Waals surface area contributed by atoms with Crippen molar-refractivity contribution in [3.8, 4) is 0 Å². The van der Waals surface area contributed by atoms with Gasteiger partial charge in [-0.2, -0.15) is 0 Å². The molecule has 2 atom stereocenters. The topological polar surface area (TPSA) is 117 Å². The van der Waals surface area contributed by atoms with Crippen LogP contribution in [0.5, 0.6) is 0 Å². The molecule has 2 aliphatic rings. The van der Waals surface area contributed by atoms with E-state index in [1.54, 1.807) is 0 Å². The Kier molecular flexibility index (Phi) is 12.5. The van der Waals surface area contributed by atoms with Crippen molar-refractivity contribution in [2.24, 2.45) is 5.73 Å². The lowest BCUT2D eigenvalue weighted by atomic mass is 9.86. The minimum absolute atomic E-state index is 0.105. The Morgan fingerprint density at radius 2 is 1.40 bits per heavy atom. The molecule has 2 aromatic carbocycles. The van der Waals surface area contributed by atoms with Crippen LogP contribution < -0.4 is 5.73 Å². The molecule has 0 aliphatic carbocycles. The molecule has 2 aromatic rings. The third-order valence-electron chi connectivity index (χ3n) is 8.53. The van der Waals surface area contributed by atoms with Crippen molar-refractivity contribution in [2.75, 3.05) is 54.2 Å². The lowest BCUT2D eigenvalue weighted by Gasteiger charge is -2.38. The number of quaternary nitrogens is 1. The van der Waals surface area contributed by atoms with Crippen molar-refractivity contribution in [3.63, 3.8) is 0 Å². The first kappa shape index (κ1) is 34.6. The Balaban J connectivity index is 1.44. The first-order chi connectivity index (χ1) is 21.6. The highest BCUT2D eigenvalue weighted by Crippen LogP contribution is 2.42. The number of esters is 3. The fourth-order valence-electron chi connectivity index (χ4n) is 6.13. The number of unbranched alkanes of at least 4 members (excludes halogenated alkanes) is 1. The van der Waals surface area contributed by atoms with Gasteiger partial charge in [0.05, 0.1) is 46.8 Å². The molecule has 0 radical (unpaired) electrons. The van der Waals surface area contributed by atoms with Gasteiger partial charge in [0.2, 0.25) is 5.60 Å². The monoisotopic (exact) mass is 626 g/mol. The third kappa shape index (κ3) is 9.59. The van der Waals surface area contributed by atoms with Crippen molar-refractivity contribution in [1.82, 2.24) is 0 Å².